The Kier molecular flexibility index (Phi) is 5.64. The highest BCUT2D eigenvalue weighted by Gasteiger charge is 2.32. The molecule has 2 aromatic rings. The monoisotopic (exact) mass is 368 g/mol. The van der Waals surface area contributed by atoms with Gasteiger partial charge in [0.2, 0.25) is 5.91 Å². The maximum atomic E-state index is 12.8. The summed E-state index contributed by atoms with van der Waals surface area (Å²) in [5.74, 6) is 0.147. The summed E-state index contributed by atoms with van der Waals surface area (Å²) in [6.45, 7) is 12.1. The van der Waals surface area contributed by atoms with Gasteiger partial charge in [-0.3, -0.25) is 4.79 Å². The molecule has 1 amide bonds. The van der Waals surface area contributed by atoms with Crippen LogP contribution in [0.15, 0.2) is 48.4 Å². The lowest BCUT2D eigenvalue weighted by Gasteiger charge is -2.36. The van der Waals surface area contributed by atoms with Crippen LogP contribution in [0.1, 0.15) is 48.4 Å². The minimum Gasteiger partial charge on any atom is -0.330 e. The minimum atomic E-state index is 0.0112. The molecule has 2 heterocycles. The van der Waals surface area contributed by atoms with E-state index >= 15 is 0 Å². The van der Waals surface area contributed by atoms with E-state index in [1.54, 1.807) is 17.4 Å². The first-order chi connectivity index (χ1) is 12.4. The molecule has 0 saturated heterocycles. The van der Waals surface area contributed by atoms with E-state index in [0.29, 0.717) is 13.1 Å². The third kappa shape index (κ3) is 3.92. The Balaban J connectivity index is 1.91. The molecule has 26 heavy (non-hydrogen) atoms. The number of carbonyl (C=O) groups excluding carboxylic acids is 1. The Morgan fingerprint density at radius 1 is 1.31 bits per heavy atom. The molecule has 1 N–H and O–H groups in total. The molecule has 0 bridgehead atoms. The Hall–Kier alpha value is -1.91. The number of carbonyl (C=O) groups is 1. The van der Waals surface area contributed by atoms with Gasteiger partial charge in [-0.1, -0.05) is 51.1 Å². The van der Waals surface area contributed by atoms with E-state index in [1.165, 1.54) is 21.6 Å². The number of amides is 1. The predicted octanol–water partition coefficient (Wildman–Crippen LogP) is 4.30. The van der Waals surface area contributed by atoms with Crippen molar-refractivity contribution < 1.29 is 4.79 Å². The molecule has 0 fully saturated rings. The zero-order valence-corrected chi connectivity index (χ0v) is 16.7. The lowest BCUT2D eigenvalue weighted by molar-refractivity contribution is -0.132. The van der Waals surface area contributed by atoms with Crippen LogP contribution in [0.3, 0.4) is 0 Å². The van der Waals surface area contributed by atoms with Gasteiger partial charge < -0.3 is 10.2 Å². The first-order valence-electron chi connectivity index (χ1n) is 9.19. The second-order valence-electron chi connectivity index (χ2n) is 7.83. The number of hydrogen-bond donors (Lipinski definition) is 1. The smallest absolute Gasteiger partial charge is 0.237 e. The number of thiophene rings is 1. The van der Waals surface area contributed by atoms with Crippen molar-refractivity contribution in [1.29, 1.82) is 0 Å². The molecule has 0 radical (unpaired) electrons. The van der Waals surface area contributed by atoms with E-state index in [2.05, 4.69) is 68.4 Å². The summed E-state index contributed by atoms with van der Waals surface area (Å²) in [5.41, 5.74) is 3.91. The van der Waals surface area contributed by atoms with Gasteiger partial charge in [0.15, 0.2) is 0 Å². The first kappa shape index (κ1) is 18.9. The van der Waals surface area contributed by atoms with Crippen molar-refractivity contribution in [2.75, 3.05) is 19.6 Å². The highest BCUT2D eigenvalue weighted by atomic mass is 32.1. The van der Waals surface area contributed by atoms with Crippen LogP contribution in [0.25, 0.3) is 0 Å². The number of rotatable bonds is 5. The number of hydrogen-bond acceptors (Lipinski definition) is 3. The Bertz CT molecular complexity index is 770. The molecule has 0 unspecified atom stereocenters. The Morgan fingerprint density at radius 2 is 2.04 bits per heavy atom. The molecule has 1 aromatic heterocycles. The molecule has 3 nitrogen and oxygen atoms in total. The Labute approximate surface area is 160 Å². The van der Waals surface area contributed by atoms with Gasteiger partial charge in [-0.15, -0.1) is 17.9 Å². The van der Waals surface area contributed by atoms with E-state index in [9.17, 15) is 4.79 Å². The summed E-state index contributed by atoms with van der Waals surface area (Å²) < 4.78 is 0. The van der Waals surface area contributed by atoms with Crippen LogP contribution in [0.5, 0.6) is 0 Å². The van der Waals surface area contributed by atoms with Crippen LogP contribution in [0, 0.1) is 0 Å². The lowest BCUT2D eigenvalue weighted by atomic mass is 9.85. The van der Waals surface area contributed by atoms with E-state index in [-0.39, 0.29) is 17.4 Å². The van der Waals surface area contributed by atoms with Crippen molar-refractivity contribution in [1.82, 2.24) is 10.2 Å². The summed E-state index contributed by atoms with van der Waals surface area (Å²) in [7, 11) is 0. The fourth-order valence-electron chi connectivity index (χ4n) is 3.49. The zero-order chi connectivity index (χ0) is 18.7. The first-order valence-corrected chi connectivity index (χ1v) is 10.1. The van der Waals surface area contributed by atoms with E-state index in [1.807, 2.05) is 4.90 Å². The van der Waals surface area contributed by atoms with Crippen molar-refractivity contribution in [3.63, 3.8) is 0 Å². The van der Waals surface area contributed by atoms with Crippen LogP contribution >= 0.6 is 11.3 Å². The molecular weight excluding hydrogens is 340 g/mol. The maximum Gasteiger partial charge on any atom is 0.237 e. The van der Waals surface area contributed by atoms with Crippen LogP contribution < -0.4 is 5.32 Å². The van der Waals surface area contributed by atoms with Crippen molar-refractivity contribution in [3.05, 3.63) is 69.9 Å². The second kappa shape index (κ2) is 7.77. The maximum absolute atomic E-state index is 12.8. The molecule has 0 spiro atoms. The molecule has 138 valence electrons. The van der Waals surface area contributed by atoms with Crippen molar-refractivity contribution in [3.8, 4) is 0 Å². The molecule has 1 aliphatic rings. The third-order valence-corrected chi connectivity index (χ3v) is 5.94. The number of fused-ring (bicyclic) bond motifs is 1. The molecular formula is C22H28N2OS. The normalized spacial score (nSPS) is 17.0. The summed E-state index contributed by atoms with van der Waals surface area (Å²) in [4.78, 5) is 16.3. The average Bonchev–Trinajstić information content (AvgIpc) is 3.09. The summed E-state index contributed by atoms with van der Waals surface area (Å²) in [6, 6.07) is 11.0. The largest absolute Gasteiger partial charge is 0.330 e. The van der Waals surface area contributed by atoms with Gasteiger partial charge in [-0.2, -0.15) is 0 Å². The summed E-state index contributed by atoms with van der Waals surface area (Å²) in [6.07, 6.45) is 2.72. The van der Waals surface area contributed by atoms with Gasteiger partial charge in [0.25, 0.3) is 0 Å². The molecule has 1 atom stereocenters. The number of nitrogens with one attached hydrogen (secondary N) is 1. The van der Waals surface area contributed by atoms with Gasteiger partial charge >= 0.3 is 0 Å². The third-order valence-electron chi connectivity index (χ3n) is 4.94. The number of nitrogens with zero attached hydrogens (tertiary/aromatic N) is 1. The molecule has 0 saturated carbocycles. The highest BCUT2D eigenvalue weighted by molar-refractivity contribution is 7.10. The molecule has 4 heteroatoms. The standard InChI is InChI=1S/C22H28N2OS/c1-5-12-23-15-20(25)24-13-10-19-18(11-14-26-19)21(24)16-6-8-17(9-7-16)22(2,3)4/h5-9,11,14,21,23H,1,10,12-13,15H2,2-4H3/t21-/m1/s1. The summed E-state index contributed by atoms with van der Waals surface area (Å²) >= 11 is 1.80. The second-order valence-corrected chi connectivity index (χ2v) is 8.83. The van der Waals surface area contributed by atoms with Gasteiger partial charge in [-0.25, -0.2) is 0 Å². The molecule has 1 aliphatic heterocycles. The highest BCUT2D eigenvalue weighted by Crippen LogP contribution is 2.38. The van der Waals surface area contributed by atoms with Gasteiger partial charge in [-0.05, 0) is 40.0 Å². The van der Waals surface area contributed by atoms with Crippen LogP contribution in [0.2, 0.25) is 0 Å². The molecule has 1 aromatic carbocycles. The predicted molar refractivity (Wildman–Crippen MR) is 110 cm³/mol. The summed E-state index contributed by atoms with van der Waals surface area (Å²) in [5, 5.41) is 5.29. The van der Waals surface area contributed by atoms with Gasteiger partial charge in [0.1, 0.15) is 0 Å². The quantitative estimate of drug-likeness (QED) is 0.630. The average molecular weight is 369 g/mol. The lowest BCUT2D eigenvalue weighted by Crippen LogP contribution is -2.44. The van der Waals surface area contributed by atoms with Crippen LogP contribution in [0.4, 0.5) is 0 Å². The van der Waals surface area contributed by atoms with Crippen LogP contribution in [-0.2, 0) is 16.6 Å². The van der Waals surface area contributed by atoms with E-state index in [0.717, 1.165) is 13.0 Å². The fourth-order valence-corrected chi connectivity index (χ4v) is 4.40. The van der Waals surface area contributed by atoms with Gasteiger partial charge in [0, 0.05) is 18.0 Å². The van der Waals surface area contributed by atoms with Gasteiger partial charge in [0.05, 0.1) is 12.6 Å². The topological polar surface area (TPSA) is 32.3 Å². The van der Waals surface area contributed by atoms with Crippen molar-refractivity contribution in [2.24, 2.45) is 0 Å². The van der Waals surface area contributed by atoms with Crippen molar-refractivity contribution in [2.45, 2.75) is 38.6 Å². The SMILES string of the molecule is C=CCNCC(=O)N1CCc2sccc2[C@H]1c1ccc(C(C)(C)C)cc1. The zero-order valence-electron chi connectivity index (χ0n) is 15.9. The van der Waals surface area contributed by atoms with E-state index in [4.69, 9.17) is 0 Å². The van der Waals surface area contributed by atoms with E-state index < -0.39 is 0 Å². The van der Waals surface area contributed by atoms with Crippen LogP contribution in [-0.4, -0.2) is 30.4 Å². The van der Waals surface area contributed by atoms with Crippen molar-refractivity contribution >= 4 is 17.2 Å². The Morgan fingerprint density at radius 3 is 2.69 bits per heavy atom. The minimum absolute atomic E-state index is 0.0112. The fraction of sp³-hybridized carbons (Fsp3) is 0.409. The number of benzene rings is 1. The molecule has 3 rings (SSSR count). The molecule has 0 aliphatic carbocycles.